The molecule has 1 aliphatic heterocycles. The highest BCUT2D eigenvalue weighted by atomic mass is 32.2. The Bertz CT molecular complexity index is 686. The number of nitrogens with zero attached hydrogens (tertiary/aromatic N) is 1. The molecule has 1 amide bonds. The molecular weight excluding hydrogens is 340 g/mol. The summed E-state index contributed by atoms with van der Waals surface area (Å²) in [5.74, 6) is 3.49. The lowest BCUT2D eigenvalue weighted by Crippen LogP contribution is -2.20. The minimum absolute atomic E-state index is 0.0259. The first-order valence-electron chi connectivity index (χ1n) is 7.89. The lowest BCUT2D eigenvalue weighted by atomic mass is 10.2. The first-order valence-corrected chi connectivity index (χ1v) is 9.99. The molecule has 2 heterocycles. The number of hydrogen-bond donors (Lipinski definition) is 1. The van der Waals surface area contributed by atoms with Crippen molar-refractivity contribution in [1.82, 2.24) is 4.98 Å². The van der Waals surface area contributed by atoms with Gasteiger partial charge in [-0.3, -0.25) is 4.79 Å². The van der Waals surface area contributed by atoms with Crippen molar-refractivity contribution in [3.05, 3.63) is 53.7 Å². The van der Waals surface area contributed by atoms with Crippen LogP contribution in [0.5, 0.6) is 5.75 Å². The predicted molar refractivity (Wildman–Crippen MR) is 102 cm³/mol. The highest BCUT2D eigenvalue weighted by Crippen LogP contribution is 2.43. The zero-order chi connectivity index (χ0) is 16.8. The van der Waals surface area contributed by atoms with Crippen molar-refractivity contribution >= 4 is 35.2 Å². The Morgan fingerprint density at radius 1 is 1.25 bits per heavy atom. The maximum Gasteiger partial charge on any atom is 0.263 e. The van der Waals surface area contributed by atoms with E-state index in [1.54, 1.807) is 6.20 Å². The van der Waals surface area contributed by atoms with Crippen LogP contribution in [0.3, 0.4) is 0 Å². The lowest BCUT2D eigenvalue weighted by molar-refractivity contribution is -0.118. The van der Waals surface area contributed by atoms with Crippen LogP contribution in [0.1, 0.15) is 22.1 Å². The van der Waals surface area contributed by atoms with Crippen LogP contribution >= 0.6 is 23.5 Å². The summed E-state index contributed by atoms with van der Waals surface area (Å²) in [4.78, 5) is 16.0. The number of ether oxygens (including phenoxy) is 1. The Morgan fingerprint density at radius 3 is 2.71 bits per heavy atom. The van der Waals surface area contributed by atoms with Crippen LogP contribution in [0.15, 0.2) is 42.6 Å². The molecule has 0 unspecified atom stereocenters. The Hall–Kier alpha value is -1.66. The van der Waals surface area contributed by atoms with Crippen LogP contribution in [0.25, 0.3) is 0 Å². The SMILES string of the molecule is Cc1ccnc(NC(=O)COc2ccc(C3SCCCS3)cc2)c1. The average molecular weight is 361 g/mol. The number of thioether (sulfide) groups is 2. The molecule has 1 aliphatic rings. The fourth-order valence-electron chi connectivity index (χ4n) is 2.33. The molecule has 1 fully saturated rings. The van der Waals surface area contributed by atoms with E-state index in [0.29, 0.717) is 16.1 Å². The topological polar surface area (TPSA) is 51.2 Å². The van der Waals surface area contributed by atoms with E-state index >= 15 is 0 Å². The molecule has 1 aromatic heterocycles. The summed E-state index contributed by atoms with van der Waals surface area (Å²) in [6.45, 7) is 1.93. The molecule has 0 atom stereocenters. The van der Waals surface area contributed by atoms with Crippen LogP contribution in [-0.4, -0.2) is 29.0 Å². The summed E-state index contributed by atoms with van der Waals surface area (Å²) in [7, 11) is 0. The standard InChI is InChI=1S/C18H20N2O2S2/c1-13-7-8-19-16(11-13)20-17(21)12-22-15-5-3-14(4-6-15)18-23-9-2-10-24-18/h3-8,11,18H,2,9-10,12H2,1H3,(H,19,20,21). The number of rotatable bonds is 5. The van der Waals surface area contributed by atoms with Crippen LogP contribution in [0, 0.1) is 6.92 Å². The number of nitrogens with one attached hydrogen (secondary N) is 1. The number of amides is 1. The number of anilines is 1. The minimum atomic E-state index is -0.212. The largest absolute Gasteiger partial charge is 0.484 e. The van der Waals surface area contributed by atoms with Crippen LogP contribution in [-0.2, 0) is 4.79 Å². The van der Waals surface area contributed by atoms with Crippen molar-refractivity contribution in [2.24, 2.45) is 0 Å². The van der Waals surface area contributed by atoms with E-state index in [4.69, 9.17) is 4.74 Å². The molecule has 3 rings (SSSR count). The molecule has 1 saturated heterocycles. The quantitative estimate of drug-likeness (QED) is 0.863. The van der Waals surface area contributed by atoms with Gasteiger partial charge in [0.25, 0.3) is 5.91 Å². The Balaban J connectivity index is 1.50. The van der Waals surface area contributed by atoms with Crippen LogP contribution in [0.4, 0.5) is 5.82 Å². The van der Waals surface area contributed by atoms with Gasteiger partial charge in [-0.05, 0) is 60.2 Å². The Kier molecular flexibility index (Phi) is 6.04. The number of aryl methyl sites for hydroxylation is 1. The average Bonchev–Trinajstić information content (AvgIpc) is 2.61. The number of carbonyl (C=O) groups excluding carboxylic acids is 1. The summed E-state index contributed by atoms with van der Waals surface area (Å²) in [5.41, 5.74) is 2.36. The van der Waals surface area contributed by atoms with Gasteiger partial charge in [0.1, 0.15) is 11.6 Å². The molecule has 2 aromatic rings. The van der Waals surface area contributed by atoms with Gasteiger partial charge in [-0.1, -0.05) is 12.1 Å². The number of hydrogen-bond acceptors (Lipinski definition) is 5. The molecule has 1 N–H and O–H groups in total. The molecule has 0 aliphatic carbocycles. The third-order valence-electron chi connectivity index (χ3n) is 3.53. The molecule has 4 nitrogen and oxygen atoms in total. The number of benzene rings is 1. The van der Waals surface area contributed by atoms with Gasteiger partial charge in [0.2, 0.25) is 0 Å². The van der Waals surface area contributed by atoms with Crippen molar-refractivity contribution in [1.29, 1.82) is 0 Å². The summed E-state index contributed by atoms with van der Waals surface area (Å²) in [6.07, 6.45) is 2.96. The van der Waals surface area contributed by atoms with Crippen molar-refractivity contribution in [3.8, 4) is 5.75 Å². The molecule has 0 radical (unpaired) electrons. The van der Waals surface area contributed by atoms with Crippen molar-refractivity contribution in [3.63, 3.8) is 0 Å². The molecule has 1 aromatic carbocycles. The zero-order valence-corrected chi connectivity index (χ0v) is 15.2. The van der Waals surface area contributed by atoms with Gasteiger partial charge in [-0.25, -0.2) is 4.98 Å². The second-order valence-electron chi connectivity index (χ2n) is 5.55. The summed E-state index contributed by atoms with van der Waals surface area (Å²) in [6, 6.07) is 11.8. The lowest BCUT2D eigenvalue weighted by Gasteiger charge is -2.21. The third-order valence-corrected chi connectivity index (χ3v) is 6.55. The van der Waals surface area contributed by atoms with E-state index < -0.39 is 0 Å². The molecule has 6 heteroatoms. The maximum atomic E-state index is 11.9. The smallest absolute Gasteiger partial charge is 0.263 e. The highest BCUT2D eigenvalue weighted by Gasteiger charge is 2.16. The summed E-state index contributed by atoms with van der Waals surface area (Å²) < 4.78 is 6.08. The fourth-order valence-corrected chi connectivity index (χ4v) is 5.23. The maximum absolute atomic E-state index is 11.9. The Morgan fingerprint density at radius 2 is 2.00 bits per heavy atom. The van der Waals surface area contributed by atoms with E-state index in [1.807, 2.05) is 54.7 Å². The molecule has 126 valence electrons. The van der Waals surface area contributed by atoms with Crippen LogP contribution in [0.2, 0.25) is 0 Å². The molecule has 0 saturated carbocycles. The number of carbonyl (C=O) groups is 1. The zero-order valence-electron chi connectivity index (χ0n) is 13.5. The van der Waals surface area contributed by atoms with Crippen molar-refractivity contribution in [2.75, 3.05) is 23.4 Å². The van der Waals surface area contributed by atoms with Gasteiger partial charge in [0.15, 0.2) is 6.61 Å². The monoisotopic (exact) mass is 360 g/mol. The molecule has 24 heavy (non-hydrogen) atoms. The molecule has 0 bridgehead atoms. The first-order chi connectivity index (χ1) is 11.7. The Labute approximate surface area is 150 Å². The summed E-state index contributed by atoms with van der Waals surface area (Å²) in [5, 5.41) is 2.73. The van der Waals surface area contributed by atoms with E-state index in [0.717, 1.165) is 5.56 Å². The second-order valence-corrected chi connectivity index (χ2v) is 8.28. The minimum Gasteiger partial charge on any atom is -0.484 e. The van der Waals surface area contributed by atoms with Gasteiger partial charge in [-0.15, -0.1) is 23.5 Å². The molecule has 0 spiro atoms. The van der Waals surface area contributed by atoms with Gasteiger partial charge < -0.3 is 10.1 Å². The fraction of sp³-hybridized carbons (Fsp3) is 0.333. The second kappa shape index (κ2) is 8.44. The van der Waals surface area contributed by atoms with Gasteiger partial charge in [0.05, 0.1) is 4.58 Å². The van der Waals surface area contributed by atoms with Crippen LogP contribution < -0.4 is 10.1 Å². The summed E-state index contributed by atoms with van der Waals surface area (Å²) >= 11 is 3.99. The first kappa shape index (κ1) is 17.2. The number of aromatic nitrogens is 1. The van der Waals surface area contributed by atoms with E-state index in [-0.39, 0.29) is 12.5 Å². The normalized spacial score (nSPS) is 15.0. The van der Waals surface area contributed by atoms with Gasteiger partial charge in [0, 0.05) is 6.20 Å². The third kappa shape index (κ3) is 4.92. The molecular formula is C18H20N2O2S2. The van der Waals surface area contributed by atoms with E-state index in [2.05, 4.69) is 22.4 Å². The predicted octanol–water partition coefficient (Wildman–Crippen LogP) is 4.28. The number of pyridine rings is 1. The van der Waals surface area contributed by atoms with E-state index in [1.165, 1.54) is 23.5 Å². The van der Waals surface area contributed by atoms with Crippen molar-refractivity contribution in [2.45, 2.75) is 17.9 Å². The highest BCUT2D eigenvalue weighted by molar-refractivity contribution is 8.16. The van der Waals surface area contributed by atoms with Crippen molar-refractivity contribution < 1.29 is 9.53 Å². The van der Waals surface area contributed by atoms with E-state index in [9.17, 15) is 4.79 Å². The van der Waals surface area contributed by atoms with Gasteiger partial charge in [-0.2, -0.15) is 0 Å². The van der Waals surface area contributed by atoms with Gasteiger partial charge >= 0.3 is 0 Å².